The quantitative estimate of drug-likeness (QED) is 0.684. The Hall–Kier alpha value is -2.71. The number of rotatable bonds is 2. The Bertz CT molecular complexity index is 1200. The molecule has 0 aliphatic carbocycles. The summed E-state index contributed by atoms with van der Waals surface area (Å²) in [5, 5.41) is 0. The summed E-state index contributed by atoms with van der Waals surface area (Å²) in [7, 11) is -2.99. The lowest BCUT2D eigenvalue weighted by Crippen LogP contribution is -2.41. The highest BCUT2D eigenvalue weighted by atomic mass is 32.2. The molecule has 0 saturated carbocycles. The zero-order valence-corrected chi connectivity index (χ0v) is 17.2. The number of Topliss-reactive ketones (excluding diaryl/α,β-unsaturated/α-hetero) is 1. The lowest BCUT2D eigenvalue weighted by Gasteiger charge is -2.33. The number of allylic oxidation sites excluding steroid dienone is 1. The molecule has 156 valence electrons. The molecule has 6 nitrogen and oxygen atoms in total. The fraction of sp³-hybridized carbons (Fsp3) is 0.318. The monoisotopic (exact) mass is 429 g/mol. The Morgan fingerprint density at radius 2 is 2.07 bits per heavy atom. The third-order valence-electron chi connectivity index (χ3n) is 5.84. The van der Waals surface area contributed by atoms with E-state index in [2.05, 4.69) is 0 Å². The van der Waals surface area contributed by atoms with Crippen LogP contribution in [0.1, 0.15) is 33.5 Å². The highest BCUT2D eigenvalue weighted by molar-refractivity contribution is 7.91. The fourth-order valence-corrected chi connectivity index (χ4v) is 6.07. The van der Waals surface area contributed by atoms with E-state index in [1.54, 1.807) is 18.2 Å². The molecule has 2 aromatic carbocycles. The minimum Gasteiger partial charge on any atom is -0.477 e. The first-order valence-corrected chi connectivity index (χ1v) is 11.6. The van der Waals surface area contributed by atoms with E-state index in [-0.39, 0.29) is 34.9 Å². The predicted octanol–water partition coefficient (Wildman–Crippen LogP) is 3.09. The SMILES string of the molecule is Cc1c2c(cc3c1O/C(=C/c1cccc(F)c1)C3=O)CN([C@H]1CCS(=O)(=O)C1)CO2. The first-order valence-electron chi connectivity index (χ1n) is 9.74. The molecule has 0 amide bonds. The van der Waals surface area contributed by atoms with Crippen molar-refractivity contribution in [1.82, 2.24) is 4.90 Å². The molecule has 3 aliphatic rings. The summed E-state index contributed by atoms with van der Waals surface area (Å²) in [5.74, 6) is 0.953. The van der Waals surface area contributed by atoms with Crippen LogP contribution >= 0.6 is 0 Å². The topological polar surface area (TPSA) is 72.9 Å². The molecule has 3 aliphatic heterocycles. The molecule has 8 heteroatoms. The Morgan fingerprint density at radius 1 is 1.23 bits per heavy atom. The van der Waals surface area contributed by atoms with Gasteiger partial charge in [0.15, 0.2) is 15.6 Å². The first-order chi connectivity index (χ1) is 14.3. The van der Waals surface area contributed by atoms with Crippen molar-refractivity contribution in [3.63, 3.8) is 0 Å². The van der Waals surface area contributed by atoms with Gasteiger partial charge in [-0.15, -0.1) is 0 Å². The summed E-state index contributed by atoms with van der Waals surface area (Å²) in [6.45, 7) is 2.65. The van der Waals surface area contributed by atoms with E-state index in [1.165, 1.54) is 18.2 Å². The van der Waals surface area contributed by atoms with Crippen LogP contribution in [0, 0.1) is 12.7 Å². The average Bonchev–Trinajstić information content (AvgIpc) is 3.22. The van der Waals surface area contributed by atoms with Crippen LogP contribution in [0.4, 0.5) is 4.39 Å². The lowest BCUT2D eigenvalue weighted by atomic mass is 9.99. The average molecular weight is 429 g/mol. The zero-order chi connectivity index (χ0) is 21.0. The Labute approximate surface area is 173 Å². The number of benzene rings is 2. The van der Waals surface area contributed by atoms with Crippen molar-refractivity contribution in [1.29, 1.82) is 0 Å². The van der Waals surface area contributed by atoms with Crippen LogP contribution in [0.3, 0.4) is 0 Å². The van der Waals surface area contributed by atoms with Crippen molar-refractivity contribution in [2.75, 3.05) is 18.2 Å². The maximum atomic E-state index is 13.5. The van der Waals surface area contributed by atoms with Crippen molar-refractivity contribution < 1.29 is 27.1 Å². The maximum absolute atomic E-state index is 13.5. The normalized spacial score (nSPS) is 23.7. The largest absolute Gasteiger partial charge is 0.477 e. The van der Waals surface area contributed by atoms with Crippen molar-refractivity contribution in [3.8, 4) is 11.5 Å². The molecule has 0 radical (unpaired) electrons. The van der Waals surface area contributed by atoms with Crippen molar-refractivity contribution in [2.45, 2.75) is 25.9 Å². The molecule has 1 fully saturated rings. The molecule has 3 heterocycles. The van der Waals surface area contributed by atoms with Gasteiger partial charge in [-0.05, 0) is 43.2 Å². The van der Waals surface area contributed by atoms with Gasteiger partial charge in [0, 0.05) is 23.7 Å². The molecule has 30 heavy (non-hydrogen) atoms. The predicted molar refractivity (Wildman–Crippen MR) is 109 cm³/mol. The summed E-state index contributed by atoms with van der Waals surface area (Å²) in [4.78, 5) is 14.9. The number of fused-ring (bicyclic) bond motifs is 2. The number of hydrogen-bond donors (Lipinski definition) is 0. The number of ether oxygens (including phenoxy) is 2. The number of carbonyl (C=O) groups is 1. The van der Waals surface area contributed by atoms with Gasteiger partial charge in [-0.3, -0.25) is 9.69 Å². The summed E-state index contributed by atoms with van der Waals surface area (Å²) in [6, 6.07) is 7.63. The molecule has 0 aromatic heterocycles. The van der Waals surface area contributed by atoms with Crippen LogP contribution in [0.25, 0.3) is 6.08 Å². The van der Waals surface area contributed by atoms with E-state index in [0.29, 0.717) is 42.3 Å². The molecule has 0 spiro atoms. The van der Waals surface area contributed by atoms with Crippen LogP contribution < -0.4 is 9.47 Å². The molecule has 1 saturated heterocycles. The third-order valence-corrected chi connectivity index (χ3v) is 7.59. The third kappa shape index (κ3) is 3.30. The second kappa shape index (κ2) is 6.92. The second-order valence-corrected chi connectivity index (χ2v) is 10.2. The summed E-state index contributed by atoms with van der Waals surface area (Å²) in [5.41, 5.74) is 2.56. The molecular weight excluding hydrogens is 409 g/mol. The molecule has 0 unspecified atom stereocenters. The Balaban J connectivity index is 1.45. The Morgan fingerprint density at radius 3 is 2.80 bits per heavy atom. The smallest absolute Gasteiger partial charge is 0.231 e. The van der Waals surface area contributed by atoms with E-state index in [9.17, 15) is 17.6 Å². The van der Waals surface area contributed by atoms with Crippen LogP contribution in [0.5, 0.6) is 11.5 Å². The van der Waals surface area contributed by atoms with Gasteiger partial charge in [-0.1, -0.05) is 12.1 Å². The highest BCUT2D eigenvalue weighted by Crippen LogP contribution is 2.43. The van der Waals surface area contributed by atoms with Crippen LogP contribution in [0.2, 0.25) is 0 Å². The van der Waals surface area contributed by atoms with E-state index in [0.717, 1.165) is 11.1 Å². The van der Waals surface area contributed by atoms with Crippen molar-refractivity contribution >= 4 is 21.7 Å². The number of nitrogens with zero attached hydrogens (tertiary/aromatic N) is 1. The zero-order valence-electron chi connectivity index (χ0n) is 16.4. The van der Waals surface area contributed by atoms with Gasteiger partial charge in [-0.25, -0.2) is 12.8 Å². The van der Waals surface area contributed by atoms with E-state index < -0.39 is 9.84 Å². The fourth-order valence-electron chi connectivity index (χ4n) is 4.31. The van der Waals surface area contributed by atoms with Crippen molar-refractivity contribution in [3.05, 3.63) is 64.2 Å². The minimum atomic E-state index is -2.99. The summed E-state index contributed by atoms with van der Waals surface area (Å²) >= 11 is 0. The van der Waals surface area contributed by atoms with Gasteiger partial charge >= 0.3 is 0 Å². The van der Waals surface area contributed by atoms with E-state index in [4.69, 9.17) is 9.47 Å². The van der Waals surface area contributed by atoms with Crippen LogP contribution in [-0.2, 0) is 16.4 Å². The summed E-state index contributed by atoms with van der Waals surface area (Å²) in [6.07, 6.45) is 2.12. The van der Waals surface area contributed by atoms with Gasteiger partial charge in [0.25, 0.3) is 0 Å². The molecule has 0 N–H and O–H groups in total. The van der Waals surface area contributed by atoms with E-state index in [1.807, 2.05) is 11.8 Å². The number of ketones is 1. The summed E-state index contributed by atoms with van der Waals surface area (Å²) < 4.78 is 48.9. The van der Waals surface area contributed by atoms with Crippen LogP contribution in [0.15, 0.2) is 36.1 Å². The molecule has 2 aromatic rings. The Kier molecular flexibility index (Phi) is 4.44. The minimum absolute atomic E-state index is 0.0768. The molecular formula is C22H20FNO5S. The number of sulfone groups is 1. The second-order valence-electron chi connectivity index (χ2n) is 7.94. The number of halogens is 1. The van der Waals surface area contributed by atoms with Gasteiger partial charge in [0.2, 0.25) is 5.78 Å². The van der Waals surface area contributed by atoms with Crippen LogP contribution in [-0.4, -0.2) is 43.4 Å². The van der Waals surface area contributed by atoms with Gasteiger partial charge in [0.05, 0.1) is 17.1 Å². The van der Waals surface area contributed by atoms with Gasteiger partial charge < -0.3 is 9.47 Å². The van der Waals surface area contributed by atoms with Gasteiger partial charge in [-0.2, -0.15) is 0 Å². The number of carbonyl (C=O) groups excluding carboxylic acids is 1. The highest BCUT2D eigenvalue weighted by Gasteiger charge is 2.37. The lowest BCUT2D eigenvalue weighted by molar-refractivity contribution is 0.0637. The van der Waals surface area contributed by atoms with Crippen molar-refractivity contribution in [2.24, 2.45) is 0 Å². The first kappa shape index (κ1) is 19.3. The molecule has 1 atom stereocenters. The molecule has 0 bridgehead atoms. The maximum Gasteiger partial charge on any atom is 0.231 e. The molecule has 5 rings (SSSR count). The van der Waals surface area contributed by atoms with Gasteiger partial charge in [0.1, 0.15) is 24.0 Å². The number of hydrogen-bond acceptors (Lipinski definition) is 6. The standard InChI is InChI=1S/C22H20FNO5S/c1-13-21-15(10-24(12-28-21)17-5-6-30(26,27)11-17)9-18-20(25)19(29-22(13)18)8-14-3-2-4-16(23)7-14/h2-4,7-9,17H,5-6,10-12H2,1H3/b19-8+/t17-/m0/s1. The van der Waals surface area contributed by atoms with E-state index >= 15 is 0 Å².